The van der Waals surface area contributed by atoms with E-state index in [1.807, 2.05) is 18.2 Å². The zero-order valence-corrected chi connectivity index (χ0v) is 16.1. The van der Waals surface area contributed by atoms with Crippen LogP contribution in [0.25, 0.3) is 0 Å². The minimum Gasteiger partial charge on any atom is -0.473 e. The lowest BCUT2D eigenvalue weighted by Gasteiger charge is -2.14. The summed E-state index contributed by atoms with van der Waals surface area (Å²) in [6, 6.07) is 16.7. The number of carbonyl (C=O) groups is 3. The number of carboxylic acids is 2. The Hall–Kier alpha value is -3.26. The molecule has 0 aliphatic heterocycles. The Balaban J connectivity index is 0.000000612. The Morgan fingerprint density at radius 1 is 0.931 bits per heavy atom. The largest absolute Gasteiger partial charge is 0.473 e. The maximum absolute atomic E-state index is 13.5. The Bertz CT molecular complexity index is 787. The summed E-state index contributed by atoms with van der Waals surface area (Å²) in [7, 11) is 0. The zero-order valence-electron chi connectivity index (χ0n) is 16.1. The van der Waals surface area contributed by atoms with Crippen LogP contribution in [0.15, 0.2) is 54.6 Å². The molecule has 2 rings (SSSR count). The van der Waals surface area contributed by atoms with Crippen molar-refractivity contribution in [3.63, 3.8) is 0 Å². The van der Waals surface area contributed by atoms with E-state index in [-0.39, 0.29) is 11.5 Å². The minimum atomic E-state index is -1.82. The minimum absolute atomic E-state index is 0.0876. The Kier molecular flexibility index (Phi) is 10.7. The van der Waals surface area contributed by atoms with Crippen molar-refractivity contribution in [2.24, 2.45) is 0 Å². The van der Waals surface area contributed by atoms with Crippen LogP contribution in [0.5, 0.6) is 0 Å². The van der Waals surface area contributed by atoms with Gasteiger partial charge in [0.2, 0.25) is 0 Å². The Labute approximate surface area is 168 Å². The van der Waals surface area contributed by atoms with Crippen LogP contribution in [0.3, 0.4) is 0 Å². The van der Waals surface area contributed by atoms with Gasteiger partial charge < -0.3 is 20.8 Å². The fourth-order valence-electron chi connectivity index (χ4n) is 2.37. The van der Waals surface area contributed by atoms with Crippen LogP contribution in [0.1, 0.15) is 29.3 Å². The molecule has 0 aliphatic rings. The van der Waals surface area contributed by atoms with Gasteiger partial charge in [0.25, 0.3) is 5.91 Å². The van der Waals surface area contributed by atoms with Crippen molar-refractivity contribution in [1.82, 2.24) is 10.6 Å². The average molecular weight is 404 g/mol. The van der Waals surface area contributed by atoms with Crippen LogP contribution in [0, 0.1) is 5.82 Å². The van der Waals surface area contributed by atoms with E-state index in [2.05, 4.69) is 29.7 Å². The van der Waals surface area contributed by atoms with Crippen LogP contribution in [0.4, 0.5) is 4.39 Å². The first-order valence-electron chi connectivity index (χ1n) is 9.07. The van der Waals surface area contributed by atoms with Crippen molar-refractivity contribution < 1.29 is 29.0 Å². The number of aryl methyl sites for hydroxylation is 1. The Morgan fingerprint density at radius 2 is 1.52 bits per heavy atom. The van der Waals surface area contributed by atoms with Gasteiger partial charge in [-0.05, 0) is 37.5 Å². The molecule has 8 heteroatoms. The number of hydrogen-bond acceptors (Lipinski definition) is 4. The van der Waals surface area contributed by atoms with E-state index in [1.165, 1.54) is 17.7 Å². The fourth-order valence-corrected chi connectivity index (χ4v) is 2.37. The normalized spacial score (nSPS) is 11.0. The quantitative estimate of drug-likeness (QED) is 0.396. The van der Waals surface area contributed by atoms with Crippen molar-refractivity contribution in [2.75, 3.05) is 13.1 Å². The number of benzene rings is 2. The first-order chi connectivity index (χ1) is 13.8. The highest BCUT2D eigenvalue weighted by Gasteiger charge is 2.10. The lowest BCUT2D eigenvalue weighted by molar-refractivity contribution is -0.159. The van der Waals surface area contributed by atoms with E-state index < -0.39 is 17.8 Å². The molecule has 0 saturated heterocycles. The van der Waals surface area contributed by atoms with Gasteiger partial charge in [0.1, 0.15) is 5.82 Å². The average Bonchev–Trinajstić information content (AvgIpc) is 2.71. The van der Waals surface area contributed by atoms with E-state index in [1.54, 1.807) is 12.1 Å². The van der Waals surface area contributed by atoms with Gasteiger partial charge in [-0.2, -0.15) is 0 Å². The molecule has 2 aromatic rings. The number of amides is 1. The Morgan fingerprint density at radius 3 is 2.10 bits per heavy atom. The molecule has 1 atom stereocenters. The second-order valence-corrected chi connectivity index (χ2v) is 6.23. The third kappa shape index (κ3) is 10.0. The number of aliphatic carboxylic acids is 2. The molecule has 0 saturated carbocycles. The predicted molar refractivity (Wildman–Crippen MR) is 106 cm³/mol. The molecular formula is C21H25FN2O5. The number of nitrogens with one attached hydrogen (secondary N) is 2. The smallest absolute Gasteiger partial charge is 0.414 e. The molecule has 0 aliphatic carbocycles. The third-order valence-electron chi connectivity index (χ3n) is 3.91. The number of rotatable bonds is 8. The number of carboxylic acid groups (broad SMARTS) is 2. The second-order valence-electron chi connectivity index (χ2n) is 6.23. The van der Waals surface area contributed by atoms with Gasteiger partial charge in [-0.3, -0.25) is 4.79 Å². The molecule has 156 valence electrons. The maximum atomic E-state index is 13.5. The fraction of sp³-hybridized carbons (Fsp3) is 0.286. The molecule has 29 heavy (non-hydrogen) atoms. The van der Waals surface area contributed by atoms with Gasteiger partial charge >= 0.3 is 11.9 Å². The van der Waals surface area contributed by atoms with Gasteiger partial charge in [-0.1, -0.05) is 42.5 Å². The molecule has 7 nitrogen and oxygen atoms in total. The lowest BCUT2D eigenvalue weighted by Crippen LogP contribution is -2.36. The summed E-state index contributed by atoms with van der Waals surface area (Å²) >= 11 is 0. The first kappa shape index (κ1) is 23.8. The van der Waals surface area contributed by atoms with Crippen molar-refractivity contribution in [3.05, 3.63) is 71.5 Å². The highest BCUT2D eigenvalue weighted by molar-refractivity contribution is 6.27. The predicted octanol–water partition coefficient (Wildman–Crippen LogP) is 2.32. The summed E-state index contributed by atoms with van der Waals surface area (Å²) in [6.07, 6.45) is 2.06. The van der Waals surface area contributed by atoms with Gasteiger partial charge in [0.15, 0.2) is 0 Å². The van der Waals surface area contributed by atoms with E-state index in [0.29, 0.717) is 19.1 Å². The van der Waals surface area contributed by atoms with Crippen LogP contribution in [0.2, 0.25) is 0 Å². The van der Waals surface area contributed by atoms with Crippen LogP contribution in [-0.4, -0.2) is 47.2 Å². The molecule has 2 aromatic carbocycles. The molecule has 0 spiro atoms. The zero-order chi connectivity index (χ0) is 21.6. The van der Waals surface area contributed by atoms with Crippen molar-refractivity contribution >= 4 is 17.8 Å². The second kappa shape index (κ2) is 13.0. The highest BCUT2D eigenvalue weighted by atomic mass is 19.1. The summed E-state index contributed by atoms with van der Waals surface area (Å²) in [4.78, 5) is 30.0. The molecule has 0 aromatic heterocycles. The number of carbonyl (C=O) groups excluding carboxylic acids is 1. The van der Waals surface area contributed by atoms with E-state index in [4.69, 9.17) is 19.8 Å². The van der Waals surface area contributed by atoms with Crippen LogP contribution in [-0.2, 0) is 16.0 Å². The van der Waals surface area contributed by atoms with E-state index in [9.17, 15) is 9.18 Å². The summed E-state index contributed by atoms with van der Waals surface area (Å²) in [5, 5.41) is 20.9. The molecular weight excluding hydrogens is 379 g/mol. The van der Waals surface area contributed by atoms with Crippen molar-refractivity contribution in [2.45, 2.75) is 25.8 Å². The van der Waals surface area contributed by atoms with Gasteiger partial charge in [-0.25, -0.2) is 14.0 Å². The summed E-state index contributed by atoms with van der Waals surface area (Å²) in [5.41, 5.74) is 1.42. The van der Waals surface area contributed by atoms with Gasteiger partial charge in [0.05, 0.1) is 5.56 Å². The summed E-state index contributed by atoms with van der Waals surface area (Å²) < 4.78 is 13.5. The number of halogens is 1. The molecule has 0 heterocycles. The lowest BCUT2D eigenvalue weighted by atomic mass is 10.1. The highest BCUT2D eigenvalue weighted by Crippen LogP contribution is 2.06. The van der Waals surface area contributed by atoms with Crippen molar-refractivity contribution in [1.29, 1.82) is 0 Å². The molecule has 1 unspecified atom stereocenters. The number of hydrogen-bond donors (Lipinski definition) is 4. The van der Waals surface area contributed by atoms with Gasteiger partial charge in [-0.15, -0.1) is 0 Å². The molecule has 0 bridgehead atoms. The summed E-state index contributed by atoms with van der Waals surface area (Å²) in [6.45, 7) is 3.26. The molecule has 1 amide bonds. The molecule has 4 N–H and O–H groups in total. The topological polar surface area (TPSA) is 116 Å². The summed E-state index contributed by atoms with van der Waals surface area (Å²) in [5.74, 6) is -4.51. The van der Waals surface area contributed by atoms with E-state index >= 15 is 0 Å². The first-order valence-corrected chi connectivity index (χ1v) is 9.07. The standard InChI is InChI=1S/C19H23FN2O.C2H2O4/c1-15(11-12-16-7-3-2-4-8-16)21-13-14-22-19(23)17-9-5-6-10-18(17)20;3-1(4)2(5)6/h2-10,15,21H,11-14H2,1H3,(H,22,23);(H,3,4)(H,5,6). The molecule has 0 radical (unpaired) electrons. The SMILES string of the molecule is CC(CCc1ccccc1)NCCNC(=O)c1ccccc1F.O=C(O)C(=O)O. The van der Waals surface area contributed by atoms with Crippen LogP contribution < -0.4 is 10.6 Å². The van der Waals surface area contributed by atoms with Crippen LogP contribution >= 0.6 is 0 Å². The maximum Gasteiger partial charge on any atom is 0.414 e. The van der Waals surface area contributed by atoms with E-state index in [0.717, 1.165) is 12.8 Å². The van der Waals surface area contributed by atoms with Gasteiger partial charge in [0, 0.05) is 19.1 Å². The monoisotopic (exact) mass is 404 g/mol. The third-order valence-corrected chi connectivity index (χ3v) is 3.91. The molecule has 0 fully saturated rings. The van der Waals surface area contributed by atoms with Crippen molar-refractivity contribution in [3.8, 4) is 0 Å².